The van der Waals surface area contributed by atoms with E-state index in [1.165, 1.54) is 12.8 Å². The Bertz CT molecular complexity index is 689. The second kappa shape index (κ2) is 5.17. The molecule has 4 nitrogen and oxygen atoms in total. The van der Waals surface area contributed by atoms with Crippen molar-refractivity contribution in [3.8, 4) is 0 Å². The summed E-state index contributed by atoms with van der Waals surface area (Å²) in [7, 11) is 0. The topological polar surface area (TPSA) is 55.1 Å². The molecule has 1 aliphatic rings. The van der Waals surface area contributed by atoms with E-state index in [2.05, 4.69) is 23.4 Å². The zero-order valence-electron chi connectivity index (χ0n) is 12.8. The highest BCUT2D eigenvalue weighted by molar-refractivity contribution is 6.01. The molecular weight excluding hydrogens is 264 g/mol. The number of aryl methyl sites for hydroxylation is 1. The molecule has 1 heterocycles. The monoisotopic (exact) mass is 286 g/mol. The van der Waals surface area contributed by atoms with Crippen LogP contribution in [0.25, 0.3) is 11.0 Å². The summed E-state index contributed by atoms with van der Waals surface area (Å²) in [5, 5.41) is 9.33. The fourth-order valence-electron chi connectivity index (χ4n) is 3.86. The van der Waals surface area contributed by atoms with Gasteiger partial charge in [-0.05, 0) is 50.2 Å². The fraction of sp³-hybridized carbons (Fsp3) is 0.529. The Morgan fingerprint density at radius 3 is 2.76 bits per heavy atom. The van der Waals surface area contributed by atoms with Gasteiger partial charge in [0.25, 0.3) is 0 Å². The number of carboxylic acid groups (broad SMARTS) is 1. The Morgan fingerprint density at radius 2 is 2.10 bits per heavy atom. The number of aromatic carboxylic acids is 1. The predicted molar refractivity (Wildman–Crippen MR) is 82.6 cm³/mol. The summed E-state index contributed by atoms with van der Waals surface area (Å²) in [6.07, 6.45) is 3.60. The van der Waals surface area contributed by atoms with E-state index >= 15 is 0 Å². The van der Waals surface area contributed by atoms with E-state index in [9.17, 15) is 9.90 Å². The van der Waals surface area contributed by atoms with E-state index in [1.807, 2.05) is 19.1 Å². The molecule has 0 aliphatic heterocycles. The number of nitrogens with zero attached hydrogens (tertiary/aromatic N) is 2. The van der Waals surface area contributed by atoms with E-state index in [1.54, 1.807) is 6.07 Å². The lowest BCUT2D eigenvalue weighted by Gasteiger charge is -2.34. The van der Waals surface area contributed by atoms with Crippen LogP contribution in [0.4, 0.5) is 0 Å². The fourth-order valence-corrected chi connectivity index (χ4v) is 3.86. The van der Waals surface area contributed by atoms with Gasteiger partial charge in [0.15, 0.2) is 0 Å². The molecule has 1 fully saturated rings. The molecule has 0 saturated heterocycles. The third-order valence-electron chi connectivity index (χ3n) is 4.84. The van der Waals surface area contributed by atoms with Gasteiger partial charge in [-0.2, -0.15) is 0 Å². The van der Waals surface area contributed by atoms with Crippen LogP contribution in [-0.4, -0.2) is 20.6 Å². The number of fused-ring (bicyclic) bond motifs is 1. The maximum Gasteiger partial charge on any atom is 0.337 e. The molecular formula is C17H22N2O2. The van der Waals surface area contributed by atoms with Crippen molar-refractivity contribution in [1.82, 2.24) is 9.55 Å². The van der Waals surface area contributed by atoms with Crippen molar-refractivity contribution >= 4 is 17.0 Å². The molecule has 1 saturated carbocycles. The summed E-state index contributed by atoms with van der Waals surface area (Å²) in [5.74, 6) is 1.39. The normalized spacial score (nSPS) is 26.1. The van der Waals surface area contributed by atoms with E-state index < -0.39 is 5.97 Å². The maximum absolute atomic E-state index is 11.4. The number of para-hydroxylation sites is 1. The van der Waals surface area contributed by atoms with Gasteiger partial charge in [-0.1, -0.05) is 19.9 Å². The molecule has 0 radical (unpaired) electrons. The number of benzene rings is 1. The molecule has 1 aliphatic carbocycles. The Morgan fingerprint density at radius 1 is 1.33 bits per heavy atom. The van der Waals surface area contributed by atoms with Gasteiger partial charge >= 0.3 is 5.97 Å². The quantitative estimate of drug-likeness (QED) is 0.906. The van der Waals surface area contributed by atoms with Crippen LogP contribution >= 0.6 is 0 Å². The molecule has 2 aromatic rings. The van der Waals surface area contributed by atoms with Crippen LogP contribution in [0.2, 0.25) is 0 Å². The summed E-state index contributed by atoms with van der Waals surface area (Å²) in [6.45, 7) is 6.59. The van der Waals surface area contributed by atoms with Gasteiger partial charge in [0.05, 0.1) is 11.1 Å². The molecule has 1 aromatic heterocycles. The minimum Gasteiger partial charge on any atom is -0.478 e. The van der Waals surface area contributed by atoms with Crippen LogP contribution in [0, 0.1) is 18.8 Å². The molecule has 3 atom stereocenters. The average Bonchev–Trinajstić information content (AvgIpc) is 2.74. The standard InChI is InChI=1S/C17H22N2O2/c1-10-7-8-14(11(2)9-10)19-12(3)18-16-13(17(20)21)5-4-6-15(16)19/h4-6,10-11,14H,7-9H2,1-3H3,(H,20,21). The third-order valence-corrected chi connectivity index (χ3v) is 4.84. The molecule has 4 heteroatoms. The molecule has 112 valence electrons. The van der Waals surface area contributed by atoms with Crippen molar-refractivity contribution in [3.63, 3.8) is 0 Å². The zero-order chi connectivity index (χ0) is 15.1. The van der Waals surface area contributed by atoms with Gasteiger partial charge in [0, 0.05) is 6.04 Å². The van der Waals surface area contributed by atoms with Gasteiger partial charge in [0.2, 0.25) is 0 Å². The predicted octanol–water partition coefficient (Wildman–Crippen LogP) is 4.04. The summed E-state index contributed by atoms with van der Waals surface area (Å²) in [6, 6.07) is 5.87. The maximum atomic E-state index is 11.4. The summed E-state index contributed by atoms with van der Waals surface area (Å²) in [4.78, 5) is 15.9. The largest absolute Gasteiger partial charge is 0.478 e. The lowest BCUT2D eigenvalue weighted by Crippen LogP contribution is -2.25. The number of hydrogen-bond acceptors (Lipinski definition) is 2. The molecule has 0 bridgehead atoms. The first-order valence-corrected chi connectivity index (χ1v) is 7.70. The van der Waals surface area contributed by atoms with Gasteiger partial charge in [-0.15, -0.1) is 0 Å². The van der Waals surface area contributed by atoms with Crippen molar-refractivity contribution in [2.24, 2.45) is 11.8 Å². The van der Waals surface area contributed by atoms with Crippen LogP contribution < -0.4 is 0 Å². The first kappa shape index (κ1) is 14.1. The minimum atomic E-state index is -0.907. The van der Waals surface area contributed by atoms with Gasteiger partial charge < -0.3 is 9.67 Å². The van der Waals surface area contributed by atoms with Crippen LogP contribution in [0.3, 0.4) is 0 Å². The minimum absolute atomic E-state index is 0.297. The molecule has 3 unspecified atom stereocenters. The number of rotatable bonds is 2. The number of aromatic nitrogens is 2. The van der Waals surface area contributed by atoms with Gasteiger partial charge in [0.1, 0.15) is 11.3 Å². The Labute approximate surface area is 124 Å². The molecule has 1 aromatic carbocycles. The van der Waals surface area contributed by atoms with Crippen LogP contribution in [0.1, 0.15) is 55.3 Å². The highest BCUT2D eigenvalue weighted by atomic mass is 16.4. The highest BCUT2D eigenvalue weighted by Crippen LogP contribution is 2.39. The Kier molecular flexibility index (Phi) is 3.47. The Hall–Kier alpha value is -1.84. The molecule has 1 N–H and O–H groups in total. The van der Waals surface area contributed by atoms with E-state index in [0.29, 0.717) is 23.0 Å². The smallest absolute Gasteiger partial charge is 0.337 e. The van der Waals surface area contributed by atoms with Crippen molar-refractivity contribution in [2.75, 3.05) is 0 Å². The van der Waals surface area contributed by atoms with Crippen molar-refractivity contribution in [1.29, 1.82) is 0 Å². The first-order valence-electron chi connectivity index (χ1n) is 7.70. The first-order chi connectivity index (χ1) is 9.99. The lowest BCUT2D eigenvalue weighted by molar-refractivity contribution is 0.0699. The number of carboxylic acids is 1. The molecule has 0 amide bonds. The highest BCUT2D eigenvalue weighted by Gasteiger charge is 2.29. The number of hydrogen-bond donors (Lipinski definition) is 1. The summed E-state index contributed by atoms with van der Waals surface area (Å²) < 4.78 is 2.26. The van der Waals surface area contributed by atoms with Crippen LogP contribution in [0.15, 0.2) is 18.2 Å². The second-order valence-electron chi connectivity index (χ2n) is 6.47. The van der Waals surface area contributed by atoms with Gasteiger partial charge in [-0.25, -0.2) is 9.78 Å². The van der Waals surface area contributed by atoms with Crippen LogP contribution in [0.5, 0.6) is 0 Å². The molecule has 21 heavy (non-hydrogen) atoms. The van der Waals surface area contributed by atoms with E-state index in [4.69, 9.17) is 0 Å². The zero-order valence-corrected chi connectivity index (χ0v) is 12.8. The van der Waals surface area contributed by atoms with Crippen molar-refractivity contribution < 1.29 is 9.90 Å². The second-order valence-corrected chi connectivity index (χ2v) is 6.47. The van der Waals surface area contributed by atoms with Crippen molar-refractivity contribution in [3.05, 3.63) is 29.6 Å². The summed E-state index contributed by atoms with van der Waals surface area (Å²) in [5.41, 5.74) is 1.87. The van der Waals surface area contributed by atoms with Crippen molar-refractivity contribution in [2.45, 2.75) is 46.1 Å². The third kappa shape index (κ3) is 2.33. The molecule has 0 spiro atoms. The number of carbonyl (C=O) groups is 1. The van der Waals surface area contributed by atoms with E-state index in [0.717, 1.165) is 23.7 Å². The number of imidazole rings is 1. The van der Waals surface area contributed by atoms with Gasteiger partial charge in [-0.3, -0.25) is 0 Å². The summed E-state index contributed by atoms with van der Waals surface area (Å²) >= 11 is 0. The lowest BCUT2D eigenvalue weighted by atomic mass is 9.79. The average molecular weight is 286 g/mol. The van der Waals surface area contributed by atoms with E-state index in [-0.39, 0.29) is 0 Å². The van der Waals surface area contributed by atoms with Crippen LogP contribution in [-0.2, 0) is 0 Å². The Balaban J connectivity index is 2.13. The SMILES string of the molecule is Cc1nc2c(C(=O)O)cccc2n1C1CCC(C)CC1C. The molecule has 3 rings (SSSR count).